The van der Waals surface area contributed by atoms with Crippen LogP contribution in [0.2, 0.25) is 5.02 Å². The highest BCUT2D eigenvalue weighted by molar-refractivity contribution is 7.15. The largest absolute Gasteiger partial charge is 0.462 e. The summed E-state index contributed by atoms with van der Waals surface area (Å²) in [5.74, 6) is -1.35. The second kappa shape index (κ2) is 10.5. The van der Waals surface area contributed by atoms with Gasteiger partial charge in [-0.05, 0) is 48.9 Å². The van der Waals surface area contributed by atoms with Crippen LogP contribution in [0.3, 0.4) is 0 Å². The topological polar surface area (TPSA) is 68.3 Å². The molecule has 0 atom stereocenters. The Morgan fingerprint density at radius 2 is 1.70 bits per heavy atom. The van der Waals surface area contributed by atoms with E-state index in [4.69, 9.17) is 21.3 Å². The Kier molecular flexibility index (Phi) is 6.99. The molecule has 0 saturated heterocycles. The molecule has 2 heterocycles. The number of anilines is 1. The third-order valence-corrected chi connectivity index (χ3v) is 6.90. The number of ether oxygens (including phenoxy) is 1. The third-order valence-electron chi connectivity index (χ3n) is 5.75. The van der Waals surface area contributed by atoms with Gasteiger partial charge in [-0.25, -0.2) is 14.2 Å². The van der Waals surface area contributed by atoms with Crippen molar-refractivity contribution in [3.63, 3.8) is 0 Å². The first-order valence-corrected chi connectivity index (χ1v) is 12.7. The van der Waals surface area contributed by atoms with Crippen LogP contribution in [-0.2, 0) is 4.74 Å². The second-order valence-corrected chi connectivity index (χ2v) is 9.43. The van der Waals surface area contributed by atoms with E-state index in [1.807, 2.05) is 36.4 Å². The fourth-order valence-corrected chi connectivity index (χ4v) is 5.08. The summed E-state index contributed by atoms with van der Waals surface area (Å²) in [5.41, 5.74) is 3.91. The predicted octanol–water partition coefficient (Wildman–Crippen LogP) is 7.85. The van der Waals surface area contributed by atoms with Gasteiger partial charge in [0.05, 0.1) is 23.4 Å². The number of esters is 1. The van der Waals surface area contributed by atoms with Crippen molar-refractivity contribution in [3.8, 4) is 22.4 Å². The van der Waals surface area contributed by atoms with Crippen LogP contribution in [0.15, 0.2) is 84.2 Å². The Balaban J connectivity index is 1.57. The van der Waals surface area contributed by atoms with Gasteiger partial charge in [-0.1, -0.05) is 54.1 Å². The lowest BCUT2D eigenvalue weighted by molar-refractivity contribution is 0.0529. The number of fused-ring (bicyclic) bond motifs is 1. The fraction of sp³-hybridized carbons (Fsp3) is 0.0690. The van der Waals surface area contributed by atoms with Crippen LogP contribution >= 0.6 is 22.9 Å². The average Bonchev–Trinajstić information content (AvgIpc) is 3.32. The van der Waals surface area contributed by atoms with E-state index in [0.29, 0.717) is 43.3 Å². The maximum atomic E-state index is 13.6. The van der Waals surface area contributed by atoms with Crippen LogP contribution in [0.4, 0.5) is 9.39 Å². The number of hydrogen-bond acceptors (Lipinski definition) is 5. The van der Waals surface area contributed by atoms with Gasteiger partial charge in [0.1, 0.15) is 16.4 Å². The zero-order valence-corrected chi connectivity index (χ0v) is 21.2. The molecule has 0 radical (unpaired) electrons. The van der Waals surface area contributed by atoms with E-state index in [-0.39, 0.29) is 18.0 Å². The first-order chi connectivity index (χ1) is 17.9. The van der Waals surface area contributed by atoms with Gasteiger partial charge in [-0.2, -0.15) is 0 Å². The number of hydrogen-bond donors (Lipinski definition) is 1. The van der Waals surface area contributed by atoms with E-state index < -0.39 is 11.9 Å². The van der Waals surface area contributed by atoms with E-state index in [9.17, 15) is 14.0 Å². The number of carbonyl (C=O) groups is 2. The summed E-state index contributed by atoms with van der Waals surface area (Å²) in [6.07, 6.45) is 0. The monoisotopic (exact) mass is 530 g/mol. The van der Waals surface area contributed by atoms with E-state index in [2.05, 4.69) is 5.32 Å². The molecule has 0 aliphatic rings. The van der Waals surface area contributed by atoms with Gasteiger partial charge in [0, 0.05) is 26.9 Å². The van der Waals surface area contributed by atoms with Crippen molar-refractivity contribution in [1.82, 2.24) is 4.98 Å². The number of rotatable bonds is 6. The first-order valence-electron chi connectivity index (χ1n) is 11.5. The zero-order chi connectivity index (χ0) is 25.9. The lowest BCUT2D eigenvalue weighted by atomic mass is 10.0. The van der Waals surface area contributed by atoms with Crippen molar-refractivity contribution in [2.45, 2.75) is 6.92 Å². The molecule has 0 aliphatic carbocycles. The van der Waals surface area contributed by atoms with Gasteiger partial charge in [-0.15, -0.1) is 11.3 Å². The van der Waals surface area contributed by atoms with Crippen LogP contribution < -0.4 is 5.32 Å². The summed E-state index contributed by atoms with van der Waals surface area (Å²) in [7, 11) is 0. The molecule has 8 heteroatoms. The molecular weight excluding hydrogens is 511 g/mol. The van der Waals surface area contributed by atoms with Crippen LogP contribution in [0.1, 0.15) is 27.6 Å². The molecule has 0 fully saturated rings. The lowest BCUT2D eigenvalue weighted by Crippen LogP contribution is -2.15. The molecule has 5 rings (SSSR count). The molecule has 37 heavy (non-hydrogen) atoms. The number of para-hydroxylation sites is 1. The minimum absolute atomic E-state index is 0.171. The standard InChI is InChI=1S/C29H20ClFN2O3S/c1-2-36-29(35)26-23(17-9-13-20(31)14-10-17)16-37-28(26)33-27(34)22-15-25(18-7-11-19(30)12-8-18)32-24-6-4-3-5-21(22)24/h3-16H,2H2,1H3,(H,33,34). The Hall–Kier alpha value is -4.07. The van der Waals surface area contributed by atoms with Gasteiger partial charge in [0.2, 0.25) is 0 Å². The lowest BCUT2D eigenvalue weighted by Gasteiger charge is -2.12. The van der Waals surface area contributed by atoms with Crippen LogP contribution in [0.5, 0.6) is 0 Å². The summed E-state index contributed by atoms with van der Waals surface area (Å²) in [4.78, 5) is 31.3. The second-order valence-electron chi connectivity index (χ2n) is 8.11. The number of nitrogens with zero attached hydrogens (tertiary/aromatic N) is 1. The summed E-state index contributed by atoms with van der Waals surface area (Å²) in [6, 6.07) is 22.1. The van der Waals surface area contributed by atoms with E-state index >= 15 is 0 Å². The number of aromatic nitrogens is 1. The number of nitrogens with one attached hydrogen (secondary N) is 1. The maximum Gasteiger partial charge on any atom is 0.341 e. The fourth-order valence-electron chi connectivity index (χ4n) is 4.00. The maximum absolute atomic E-state index is 13.6. The number of pyridine rings is 1. The molecule has 5 nitrogen and oxygen atoms in total. The highest BCUT2D eigenvalue weighted by atomic mass is 35.5. The molecule has 0 saturated carbocycles. The van der Waals surface area contributed by atoms with Crippen molar-refractivity contribution in [2.24, 2.45) is 0 Å². The predicted molar refractivity (Wildman–Crippen MR) is 146 cm³/mol. The molecule has 0 unspecified atom stereocenters. The average molecular weight is 531 g/mol. The van der Waals surface area contributed by atoms with Crippen LogP contribution in [0, 0.1) is 5.82 Å². The number of carbonyl (C=O) groups excluding carboxylic acids is 2. The molecular formula is C29H20ClFN2O3S. The highest BCUT2D eigenvalue weighted by Crippen LogP contribution is 2.37. The van der Waals surface area contributed by atoms with Gasteiger partial charge >= 0.3 is 5.97 Å². The highest BCUT2D eigenvalue weighted by Gasteiger charge is 2.24. The van der Waals surface area contributed by atoms with Gasteiger partial charge < -0.3 is 10.1 Å². The van der Waals surface area contributed by atoms with Crippen molar-refractivity contribution in [3.05, 3.63) is 106 Å². The molecule has 2 aromatic heterocycles. The van der Waals surface area contributed by atoms with E-state index in [1.54, 1.807) is 42.6 Å². The van der Waals surface area contributed by atoms with Crippen molar-refractivity contribution >= 4 is 50.7 Å². The Morgan fingerprint density at radius 3 is 2.43 bits per heavy atom. The van der Waals surface area contributed by atoms with Gasteiger partial charge in [0.15, 0.2) is 0 Å². The molecule has 184 valence electrons. The summed E-state index contributed by atoms with van der Waals surface area (Å²) >= 11 is 7.25. The SMILES string of the molecule is CCOC(=O)c1c(-c2ccc(F)cc2)csc1NC(=O)c1cc(-c2ccc(Cl)cc2)nc2ccccc12. The minimum atomic E-state index is -0.570. The van der Waals surface area contributed by atoms with Crippen molar-refractivity contribution in [2.75, 3.05) is 11.9 Å². The zero-order valence-electron chi connectivity index (χ0n) is 19.6. The normalized spacial score (nSPS) is 10.9. The Bertz CT molecular complexity index is 1620. The number of thiophene rings is 1. The number of halogens is 2. The first kappa shape index (κ1) is 24.6. The van der Waals surface area contributed by atoms with E-state index in [1.165, 1.54) is 23.5 Å². The molecule has 1 amide bonds. The molecule has 0 aliphatic heterocycles. The Labute approximate surface area is 221 Å². The summed E-state index contributed by atoms with van der Waals surface area (Å²) in [6.45, 7) is 1.88. The molecule has 3 aromatic carbocycles. The minimum Gasteiger partial charge on any atom is -0.462 e. The third kappa shape index (κ3) is 5.09. The number of benzene rings is 3. The van der Waals surface area contributed by atoms with Crippen LogP contribution in [-0.4, -0.2) is 23.5 Å². The van der Waals surface area contributed by atoms with Gasteiger partial charge in [-0.3, -0.25) is 4.79 Å². The van der Waals surface area contributed by atoms with Crippen LogP contribution in [0.25, 0.3) is 33.3 Å². The molecule has 5 aromatic rings. The summed E-state index contributed by atoms with van der Waals surface area (Å²) < 4.78 is 18.8. The van der Waals surface area contributed by atoms with Crippen molar-refractivity contribution < 1.29 is 18.7 Å². The smallest absolute Gasteiger partial charge is 0.341 e. The van der Waals surface area contributed by atoms with E-state index in [0.717, 1.165) is 5.56 Å². The molecule has 0 spiro atoms. The number of amides is 1. The van der Waals surface area contributed by atoms with Crippen molar-refractivity contribution in [1.29, 1.82) is 0 Å². The van der Waals surface area contributed by atoms with Gasteiger partial charge in [0.25, 0.3) is 5.91 Å². The molecule has 1 N–H and O–H groups in total. The molecule has 0 bridgehead atoms. The Morgan fingerprint density at radius 1 is 1.00 bits per heavy atom. The quantitative estimate of drug-likeness (QED) is 0.227. The summed E-state index contributed by atoms with van der Waals surface area (Å²) in [5, 5.41) is 6.27.